The molecule has 0 radical (unpaired) electrons. The quantitative estimate of drug-likeness (QED) is 0.672. The van der Waals surface area contributed by atoms with Crippen molar-refractivity contribution in [2.75, 3.05) is 5.32 Å². The molecule has 0 aliphatic heterocycles. The van der Waals surface area contributed by atoms with Gasteiger partial charge in [-0.3, -0.25) is 9.48 Å². The van der Waals surface area contributed by atoms with Gasteiger partial charge in [0.05, 0.1) is 6.54 Å². The molecular formula is C18H15BrClN3O. The fourth-order valence-corrected chi connectivity index (χ4v) is 2.97. The van der Waals surface area contributed by atoms with Crippen LogP contribution in [0.4, 0.5) is 5.82 Å². The number of anilines is 1. The highest BCUT2D eigenvalue weighted by Crippen LogP contribution is 2.16. The summed E-state index contributed by atoms with van der Waals surface area (Å²) in [6.45, 7) is 2.55. The van der Waals surface area contributed by atoms with E-state index < -0.39 is 0 Å². The summed E-state index contributed by atoms with van der Waals surface area (Å²) < 4.78 is 2.69. The SMILES string of the molecule is Cc1cc(NC(=O)c2cccc(Br)c2)nn1Cc1cccc(Cl)c1. The molecule has 122 valence electrons. The molecule has 3 aromatic rings. The number of nitrogens with zero attached hydrogens (tertiary/aromatic N) is 2. The number of carbonyl (C=O) groups excluding carboxylic acids is 1. The number of aryl methyl sites for hydroxylation is 1. The molecule has 2 aromatic carbocycles. The third kappa shape index (κ3) is 4.04. The Morgan fingerprint density at radius 3 is 2.75 bits per heavy atom. The van der Waals surface area contributed by atoms with Gasteiger partial charge in [-0.1, -0.05) is 45.7 Å². The molecule has 1 amide bonds. The summed E-state index contributed by atoms with van der Waals surface area (Å²) in [5, 5.41) is 7.97. The lowest BCUT2D eigenvalue weighted by Crippen LogP contribution is -2.13. The molecule has 0 aliphatic carbocycles. The maximum Gasteiger partial charge on any atom is 0.256 e. The molecule has 0 saturated heterocycles. The van der Waals surface area contributed by atoms with Crippen molar-refractivity contribution in [1.82, 2.24) is 9.78 Å². The largest absolute Gasteiger partial charge is 0.305 e. The molecule has 0 unspecified atom stereocenters. The van der Waals surface area contributed by atoms with Crippen LogP contribution < -0.4 is 5.32 Å². The third-order valence-corrected chi connectivity index (χ3v) is 4.26. The Bertz CT molecular complexity index is 891. The van der Waals surface area contributed by atoms with E-state index in [4.69, 9.17) is 11.6 Å². The van der Waals surface area contributed by atoms with Crippen LogP contribution >= 0.6 is 27.5 Å². The minimum atomic E-state index is -0.191. The van der Waals surface area contributed by atoms with E-state index in [2.05, 4.69) is 26.3 Å². The first-order valence-corrected chi connectivity index (χ1v) is 8.54. The number of rotatable bonds is 4. The van der Waals surface area contributed by atoms with Crippen LogP contribution in [0.15, 0.2) is 59.1 Å². The zero-order valence-corrected chi connectivity index (χ0v) is 15.3. The highest BCUT2D eigenvalue weighted by atomic mass is 79.9. The van der Waals surface area contributed by atoms with Gasteiger partial charge in [0, 0.05) is 26.8 Å². The lowest BCUT2D eigenvalue weighted by Gasteiger charge is -2.05. The molecule has 0 spiro atoms. The van der Waals surface area contributed by atoms with Gasteiger partial charge in [0.2, 0.25) is 0 Å². The van der Waals surface area contributed by atoms with E-state index in [0.717, 1.165) is 15.7 Å². The van der Waals surface area contributed by atoms with E-state index in [1.807, 2.05) is 54.1 Å². The van der Waals surface area contributed by atoms with Crippen LogP contribution in [0.3, 0.4) is 0 Å². The first-order valence-electron chi connectivity index (χ1n) is 7.37. The number of carbonyl (C=O) groups is 1. The number of aromatic nitrogens is 2. The van der Waals surface area contributed by atoms with E-state index >= 15 is 0 Å². The van der Waals surface area contributed by atoms with Gasteiger partial charge < -0.3 is 5.32 Å². The lowest BCUT2D eigenvalue weighted by atomic mass is 10.2. The van der Waals surface area contributed by atoms with Crippen molar-refractivity contribution in [3.63, 3.8) is 0 Å². The minimum absolute atomic E-state index is 0.191. The molecule has 24 heavy (non-hydrogen) atoms. The molecule has 0 fully saturated rings. The molecule has 0 atom stereocenters. The smallest absolute Gasteiger partial charge is 0.256 e. The van der Waals surface area contributed by atoms with Gasteiger partial charge in [-0.2, -0.15) is 5.10 Å². The molecule has 3 rings (SSSR count). The molecule has 1 aromatic heterocycles. The molecule has 0 saturated carbocycles. The zero-order chi connectivity index (χ0) is 17.1. The third-order valence-electron chi connectivity index (χ3n) is 3.53. The first kappa shape index (κ1) is 16.7. The zero-order valence-electron chi connectivity index (χ0n) is 13.0. The van der Waals surface area contributed by atoms with Crippen molar-refractivity contribution in [1.29, 1.82) is 0 Å². The Labute approximate surface area is 153 Å². The highest BCUT2D eigenvalue weighted by molar-refractivity contribution is 9.10. The van der Waals surface area contributed by atoms with Crippen LogP contribution in [0.25, 0.3) is 0 Å². The van der Waals surface area contributed by atoms with Crippen molar-refractivity contribution in [3.8, 4) is 0 Å². The second-order valence-electron chi connectivity index (χ2n) is 5.42. The van der Waals surface area contributed by atoms with Crippen molar-refractivity contribution < 1.29 is 4.79 Å². The first-order chi connectivity index (χ1) is 11.5. The van der Waals surface area contributed by atoms with Gasteiger partial charge in [0.25, 0.3) is 5.91 Å². The van der Waals surface area contributed by atoms with Gasteiger partial charge in [0.1, 0.15) is 0 Å². The Morgan fingerprint density at radius 2 is 2.00 bits per heavy atom. The van der Waals surface area contributed by atoms with Crippen LogP contribution in [0.1, 0.15) is 21.6 Å². The van der Waals surface area contributed by atoms with Gasteiger partial charge in [-0.05, 0) is 42.8 Å². The minimum Gasteiger partial charge on any atom is -0.305 e. The normalized spacial score (nSPS) is 10.6. The Kier molecular flexibility index (Phi) is 5.02. The van der Waals surface area contributed by atoms with Crippen LogP contribution in [-0.2, 0) is 6.54 Å². The molecule has 1 heterocycles. The summed E-state index contributed by atoms with van der Waals surface area (Å²) in [4.78, 5) is 12.3. The summed E-state index contributed by atoms with van der Waals surface area (Å²) >= 11 is 9.38. The number of hydrogen-bond donors (Lipinski definition) is 1. The lowest BCUT2D eigenvalue weighted by molar-refractivity contribution is 0.102. The molecule has 0 aliphatic rings. The molecular weight excluding hydrogens is 390 g/mol. The second kappa shape index (κ2) is 7.20. The van der Waals surface area contributed by atoms with Crippen molar-refractivity contribution in [2.24, 2.45) is 0 Å². The maximum absolute atomic E-state index is 12.3. The van der Waals surface area contributed by atoms with Crippen molar-refractivity contribution >= 4 is 39.3 Å². The molecule has 1 N–H and O–H groups in total. The molecule has 4 nitrogen and oxygen atoms in total. The van der Waals surface area contributed by atoms with Gasteiger partial charge in [0.15, 0.2) is 5.82 Å². The Balaban J connectivity index is 1.75. The monoisotopic (exact) mass is 403 g/mol. The Hall–Kier alpha value is -2.11. The van der Waals surface area contributed by atoms with Crippen molar-refractivity contribution in [3.05, 3.63) is 80.9 Å². The molecule has 0 bridgehead atoms. The van der Waals surface area contributed by atoms with Crippen LogP contribution in [0.5, 0.6) is 0 Å². The summed E-state index contributed by atoms with van der Waals surface area (Å²) in [6, 6.07) is 16.7. The summed E-state index contributed by atoms with van der Waals surface area (Å²) in [5.41, 5.74) is 2.59. The van der Waals surface area contributed by atoms with Crippen LogP contribution in [0, 0.1) is 6.92 Å². The van der Waals surface area contributed by atoms with E-state index in [-0.39, 0.29) is 5.91 Å². The van der Waals surface area contributed by atoms with Crippen LogP contribution in [-0.4, -0.2) is 15.7 Å². The van der Waals surface area contributed by atoms with E-state index in [1.165, 1.54) is 0 Å². The average molecular weight is 405 g/mol. The number of halogens is 2. The summed E-state index contributed by atoms with van der Waals surface area (Å²) in [5.74, 6) is 0.336. The Morgan fingerprint density at radius 1 is 1.21 bits per heavy atom. The predicted molar refractivity (Wildman–Crippen MR) is 99.6 cm³/mol. The predicted octanol–water partition coefficient (Wildman–Crippen LogP) is 4.91. The number of benzene rings is 2. The number of nitrogens with one attached hydrogen (secondary N) is 1. The fraction of sp³-hybridized carbons (Fsp3) is 0.111. The second-order valence-corrected chi connectivity index (χ2v) is 6.78. The van der Waals surface area contributed by atoms with Crippen molar-refractivity contribution in [2.45, 2.75) is 13.5 Å². The van der Waals surface area contributed by atoms with E-state index in [1.54, 1.807) is 12.1 Å². The summed E-state index contributed by atoms with van der Waals surface area (Å²) in [7, 11) is 0. The van der Waals surface area contributed by atoms with E-state index in [0.29, 0.717) is 22.9 Å². The fourth-order valence-electron chi connectivity index (χ4n) is 2.36. The topological polar surface area (TPSA) is 46.9 Å². The average Bonchev–Trinajstić information content (AvgIpc) is 2.87. The maximum atomic E-state index is 12.3. The van der Waals surface area contributed by atoms with Gasteiger partial charge in [-0.15, -0.1) is 0 Å². The number of hydrogen-bond acceptors (Lipinski definition) is 2. The van der Waals surface area contributed by atoms with Crippen LogP contribution in [0.2, 0.25) is 5.02 Å². The van der Waals surface area contributed by atoms with Gasteiger partial charge >= 0.3 is 0 Å². The summed E-state index contributed by atoms with van der Waals surface area (Å²) in [6.07, 6.45) is 0. The van der Waals surface area contributed by atoms with E-state index in [9.17, 15) is 4.79 Å². The standard InChI is InChI=1S/C18H15BrClN3O/c1-12-8-17(21-18(24)14-5-3-6-15(19)10-14)22-23(12)11-13-4-2-7-16(20)9-13/h2-10H,11H2,1H3,(H,21,22,24). The van der Waals surface area contributed by atoms with Gasteiger partial charge in [-0.25, -0.2) is 0 Å². The molecule has 6 heteroatoms. The highest BCUT2D eigenvalue weighted by Gasteiger charge is 2.10. The number of amides is 1.